The van der Waals surface area contributed by atoms with Gasteiger partial charge < -0.3 is 15.4 Å². The summed E-state index contributed by atoms with van der Waals surface area (Å²) in [4.78, 5) is 23.8. The van der Waals surface area contributed by atoms with Crippen LogP contribution in [0.5, 0.6) is 0 Å². The van der Waals surface area contributed by atoms with E-state index in [1.165, 1.54) is 0 Å². The molecule has 1 fully saturated rings. The van der Waals surface area contributed by atoms with Gasteiger partial charge >= 0.3 is 0 Å². The molecular formula is C18H26N2O3. The smallest absolute Gasteiger partial charge is 0.251 e. The average Bonchev–Trinajstić information content (AvgIpc) is 3.07. The molecule has 0 saturated carbocycles. The average molecular weight is 318 g/mol. The van der Waals surface area contributed by atoms with Gasteiger partial charge in [0.1, 0.15) is 0 Å². The Morgan fingerprint density at radius 1 is 1.22 bits per heavy atom. The number of carbonyl (C=O) groups is 2. The minimum Gasteiger partial charge on any atom is -0.376 e. The fraction of sp³-hybridized carbons (Fsp3) is 0.556. The first kappa shape index (κ1) is 17.5. The summed E-state index contributed by atoms with van der Waals surface area (Å²) in [5, 5.41) is 5.74. The highest BCUT2D eigenvalue weighted by atomic mass is 16.5. The quantitative estimate of drug-likeness (QED) is 0.724. The summed E-state index contributed by atoms with van der Waals surface area (Å²) in [6.07, 6.45) is 5.82. The summed E-state index contributed by atoms with van der Waals surface area (Å²) in [6.45, 7) is 3.45. The number of hydrogen-bond acceptors (Lipinski definition) is 3. The van der Waals surface area contributed by atoms with Crippen molar-refractivity contribution in [3.63, 3.8) is 0 Å². The summed E-state index contributed by atoms with van der Waals surface area (Å²) in [6, 6.07) is 6.98. The third-order valence-corrected chi connectivity index (χ3v) is 3.95. The Morgan fingerprint density at radius 3 is 2.65 bits per heavy atom. The molecular weight excluding hydrogens is 292 g/mol. The van der Waals surface area contributed by atoms with E-state index >= 15 is 0 Å². The highest BCUT2D eigenvalue weighted by Gasteiger charge is 2.16. The zero-order valence-electron chi connectivity index (χ0n) is 13.8. The van der Waals surface area contributed by atoms with Crippen LogP contribution in [0.4, 0.5) is 5.69 Å². The van der Waals surface area contributed by atoms with Gasteiger partial charge in [0, 0.05) is 30.8 Å². The fourth-order valence-corrected chi connectivity index (χ4v) is 2.58. The lowest BCUT2D eigenvalue weighted by Gasteiger charge is -2.11. The lowest BCUT2D eigenvalue weighted by molar-refractivity contribution is -0.116. The fourth-order valence-electron chi connectivity index (χ4n) is 2.58. The van der Waals surface area contributed by atoms with Crippen LogP contribution in [0.25, 0.3) is 0 Å². The van der Waals surface area contributed by atoms with Crippen LogP contribution in [-0.2, 0) is 9.53 Å². The molecule has 0 unspecified atom stereocenters. The van der Waals surface area contributed by atoms with Crippen LogP contribution in [0.2, 0.25) is 0 Å². The molecule has 1 atom stereocenters. The van der Waals surface area contributed by atoms with Gasteiger partial charge in [0.25, 0.3) is 5.91 Å². The molecule has 5 nitrogen and oxygen atoms in total. The number of nitrogens with one attached hydrogen (secondary N) is 2. The van der Waals surface area contributed by atoms with Gasteiger partial charge in [0.15, 0.2) is 0 Å². The summed E-state index contributed by atoms with van der Waals surface area (Å²) >= 11 is 0. The molecule has 2 amide bonds. The third-order valence-electron chi connectivity index (χ3n) is 3.95. The van der Waals surface area contributed by atoms with Gasteiger partial charge in [0.2, 0.25) is 5.91 Å². The normalized spacial score (nSPS) is 17.0. The number of hydrogen-bond donors (Lipinski definition) is 2. The highest BCUT2D eigenvalue weighted by molar-refractivity contribution is 5.95. The minimum atomic E-state index is -0.110. The summed E-state index contributed by atoms with van der Waals surface area (Å²) in [5.74, 6) is -0.0876. The molecule has 126 valence electrons. The Kier molecular flexibility index (Phi) is 7.07. The zero-order chi connectivity index (χ0) is 16.5. The molecule has 0 bridgehead atoms. The summed E-state index contributed by atoms with van der Waals surface area (Å²) in [5.41, 5.74) is 1.31. The molecule has 2 N–H and O–H groups in total. The van der Waals surface area contributed by atoms with Gasteiger partial charge in [-0.05, 0) is 43.5 Å². The van der Waals surface area contributed by atoms with Crippen molar-refractivity contribution in [3.05, 3.63) is 29.8 Å². The standard InChI is InChI=1S/C18H26N2O3/c1-2-3-4-7-17(21)20-15-10-8-14(9-11-15)18(22)19-13-16-6-5-12-23-16/h8-11,16H,2-7,12-13H2,1H3,(H,19,22)(H,20,21)/t16-/m1/s1. The predicted octanol–water partition coefficient (Wildman–Crippen LogP) is 3.11. The van der Waals surface area contributed by atoms with Crippen molar-refractivity contribution in [3.8, 4) is 0 Å². The maximum atomic E-state index is 12.1. The molecule has 1 aromatic carbocycles. The van der Waals surface area contributed by atoms with Crippen LogP contribution >= 0.6 is 0 Å². The molecule has 1 aromatic rings. The van der Waals surface area contributed by atoms with E-state index in [0.717, 1.165) is 44.4 Å². The second-order valence-electron chi connectivity index (χ2n) is 5.93. The Labute approximate surface area is 137 Å². The predicted molar refractivity (Wildman–Crippen MR) is 90.5 cm³/mol. The first-order valence-electron chi connectivity index (χ1n) is 8.48. The Balaban J connectivity index is 1.76. The Hall–Kier alpha value is -1.88. The van der Waals surface area contributed by atoms with Crippen molar-refractivity contribution in [2.45, 2.75) is 51.6 Å². The number of rotatable bonds is 8. The molecule has 5 heteroatoms. The molecule has 0 aromatic heterocycles. The first-order valence-corrected chi connectivity index (χ1v) is 8.48. The number of unbranched alkanes of at least 4 members (excludes halogenated alkanes) is 2. The van der Waals surface area contributed by atoms with Crippen LogP contribution in [0, 0.1) is 0 Å². The molecule has 1 aliphatic rings. The second kappa shape index (κ2) is 9.30. The van der Waals surface area contributed by atoms with Gasteiger partial charge in [-0.25, -0.2) is 0 Å². The van der Waals surface area contributed by atoms with Gasteiger partial charge in [-0.15, -0.1) is 0 Å². The maximum Gasteiger partial charge on any atom is 0.251 e. The van der Waals surface area contributed by atoms with Gasteiger partial charge in [0.05, 0.1) is 6.10 Å². The summed E-state index contributed by atoms with van der Waals surface area (Å²) in [7, 11) is 0. The third kappa shape index (κ3) is 6.02. The van der Waals surface area contributed by atoms with Crippen LogP contribution in [0.3, 0.4) is 0 Å². The molecule has 0 spiro atoms. The van der Waals surface area contributed by atoms with E-state index in [2.05, 4.69) is 17.6 Å². The monoisotopic (exact) mass is 318 g/mol. The van der Waals surface area contributed by atoms with Crippen molar-refractivity contribution < 1.29 is 14.3 Å². The topological polar surface area (TPSA) is 67.4 Å². The van der Waals surface area contributed by atoms with Crippen LogP contribution in [0.1, 0.15) is 55.8 Å². The molecule has 1 saturated heterocycles. The molecule has 2 rings (SSSR count). The van der Waals surface area contributed by atoms with Crippen molar-refractivity contribution in [2.24, 2.45) is 0 Å². The number of ether oxygens (including phenoxy) is 1. The molecule has 0 aliphatic carbocycles. The van der Waals surface area contributed by atoms with E-state index in [4.69, 9.17) is 4.74 Å². The number of benzene rings is 1. The lowest BCUT2D eigenvalue weighted by atomic mass is 10.1. The van der Waals surface area contributed by atoms with Crippen LogP contribution in [-0.4, -0.2) is 31.1 Å². The van der Waals surface area contributed by atoms with E-state index in [0.29, 0.717) is 18.5 Å². The Bertz CT molecular complexity index is 508. The highest BCUT2D eigenvalue weighted by Crippen LogP contribution is 2.13. The number of amides is 2. The van der Waals surface area contributed by atoms with E-state index in [9.17, 15) is 9.59 Å². The van der Waals surface area contributed by atoms with Crippen molar-refractivity contribution in [1.29, 1.82) is 0 Å². The Morgan fingerprint density at radius 2 is 2.00 bits per heavy atom. The molecule has 0 radical (unpaired) electrons. The van der Waals surface area contributed by atoms with E-state index in [-0.39, 0.29) is 17.9 Å². The van der Waals surface area contributed by atoms with Crippen LogP contribution < -0.4 is 10.6 Å². The van der Waals surface area contributed by atoms with Crippen molar-refractivity contribution in [2.75, 3.05) is 18.5 Å². The van der Waals surface area contributed by atoms with E-state index in [1.54, 1.807) is 24.3 Å². The van der Waals surface area contributed by atoms with Gasteiger partial charge in [-0.2, -0.15) is 0 Å². The van der Waals surface area contributed by atoms with E-state index in [1.807, 2.05) is 0 Å². The number of anilines is 1. The van der Waals surface area contributed by atoms with Crippen LogP contribution in [0.15, 0.2) is 24.3 Å². The van der Waals surface area contributed by atoms with Crippen molar-refractivity contribution >= 4 is 17.5 Å². The molecule has 1 heterocycles. The van der Waals surface area contributed by atoms with E-state index < -0.39 is 0 Å². The minimum absolute atomic E-state index is 0.0223. The van der Waals surface area contributed by atoms with Crippen molar-refractivity contribution in [1.82, 2.24) is 5.32 Å². The maximum absolute atomic E-state index is 12.1. The SMILES string of the molecule is CCCCCC(=O)Nc1ccc(C(=O)NC[C@H]2CCCO2)cc1. The van der Waals surface area contributed by atoms with Gasteiger partial charge in [-0.1, -0.05) is 19.8 Å². The molecule has 1 aliphatic heterocycles. The first-order chi connectivity index (χ1) is 11.2. The summed E-state index contributed by atoms with van der Waals surface area (Å²) < 4.78 is 5.48. The largest absolute Gasteiger partial charge is 0.376 e. The molecule has 23 heavy (non-hydrogen) atoms. The van der Waals surface area contributed by atoms with Gasteiger partial charge in [-0.3, -0.25) is 9.59 Å². The lowest BCUT2D eigenvalue weighted by Crippen LogP contribution is -2.31. The zero-order valence-corrected chi connectivity index (χ0v) is 13.8. The second-order valence-corrected chi connectivity index (χ2v) is 5.93. The number of carbonyl (C=O) groups excluding carboxylic acids is 2.